The van der Waals surface area contributed by atoms with Gasteiger partial charge in [0, 0.05) is 24.0 Å². The molecule has 0 aliphatic carbocycles. The van der Waals surface area contributed by atoms with Crippen molar-refractivity contribution in [3.8, 4) is 17.2 Å². The molecule has 1 saturated heterocycles. The molecule has 2 aromatic heterocycles. The fourth-order valence-electron chi connectivity index (χ4n) is 4.66. The van der Waals surface area contributed by atoms with Crippen molar-refractivity contribution in [2.24, 2.45) is 5.73 Å². The summed E-state index contributed by atoms with van der Waals surface area (Å²) in [5, 5.41) is 0.239. The van der Waals surface area contributed by atoms with Crippen molar-refractivity contribution in [1.29, 1.82) is 0 Å². The minimum Gasteiger partial charge on any atom is -0.494 e. The van der Waals surface area contributed by atoms with E-state index in [4.69, 9.17) is 24.4 Å². The normalized spacial score (nSPS) is 16.4. The summed E-state index contributed by atoms with van der Waals surface area (Å²) in [4.78, 5) is 49.9. The molecular weight excluding hydrogens is 575 g/mol. The largest absolute Gasteiger partial charge is 0.494 e. The molecule has 232 valence electrons. The molecule has 1 unspecified atom stereocenters. The van der Waals surface area contributed by atoms with Gasteiger partial charge in [-0.25, -0.2) is 19.6 Å². The van der Waals surface area contributed by atoms with Crippen molar-refractivity contribution >= 4 is 28.9 Å². The van der Waals surface area contributed by atoms with Crippen molar-refractivity contribution < 1.29 is 46.2 Å². The van der Waals surface area contributed by atoms with Gasteiger partial charge < -0.3 is 29.3 Å². The molecule has 3 aromatic rings. The lowest BCUT2D eigenvalue weighted by Crippen LogP contribution is -2.60. The molecule has 12 nitrogen and oxygen atoms in total. The van der Waals surface area contributed by atoms with Crippen LogP contribution in [0.4, 0.5) is 18.0 Å². The molecule has 3 heterocycles. The summed E-state index contributed by atoms with van der Waals surface area (Å²) < 4.78 is 61.7. The molecule has 4 rings (SSSR count). The summed E-state index contributed by atoms with van der Waals surface area (Å²) in [6.07, 6.45) is -5.83. The SMILES string of the molecule is CCOC(=O)C1CN(C(=O)c2nc(-c3ccc(OC)c4nc(C(F)(F)F)ccc34)oc2[C@H](C)N)CCN1C(=O)OC(C)C. The second-order valence-corrected chi connectivity index (χ2v) is 10.1. The summed E-state index contributed by atoms with van der Waals surface area (Å²) in [5.41, 5.74) is 5.04. The van der Waals surface area contributed by atoms with Crippen LogP contribution in [0.2, 0.25) is 0 Å². The highest BCUT2D eigenvalue weighted by Crippen LogP contribution is 2.37. The Labute approximate surface area is 244 Å². The summed E-state index contributed by atoms with van der Waals surface area (Å²) in [7, 11) is 1.30. The van der Waals surface area contributed by atoms with Crippen LogP contribution in [0.25, 0.3) is 22.4 Å². The van der Waals surface area contributed by atoms with Gasteiger partial charge in [-0.05, 0) is 52.0 Å². The molecule has 1 aliphatic rings. The van der Waals surface area contributed by atoms with Gasteiger partial charge in [-0.15, -0.1) is 0 Å². The van der Waals surface area contributed by atoms with E-state index < -0.39 is 48.0 Å². The van der Waals surface area contributed by atoms with E-state index in [1.54, 1.807) is 27.7 Å². The maximum Gasteiger partial charge on any atom is 0.433 e. The van der Waals surface area contributed by atoms with Crippen LogP contribution >= 0.6 is 0 Å². The van der Waals surface area contributed by atoms with Crippen molar-refractivity contribution in [3.05, 3.63) is 41.4 Å². The first-order valence-electron chi connectivity index (χ1n) is 13.5. The number of pyridine rings is 1. The number of fused-ring (bicyclic) bond motifs is 1. The molecule has 1 aromatic carbocycles. The predicted octanol–water partition coefficient (Wildman–Crippen LogP) is 4.17. The molecule has 1 aliphatic heterocycles. The zero-order valence-corrected chi connectivity index (χ0v) is 24.2. The minimum absolute atomic E-state index is 0.0185. The van der Waals surface area contributed by atoms with Gasteiger partial charge in [0.05, 0.1) is 32.4 Å². The summed E-state index contributed by atoms with van der Waals surface area (Å²) >= 11 is 0. The molecule has 0 spiro atoms. The third-order valence-electron chi connectivity index (χ3n) is 6.63. The molecule has 2 amide bonds. The number of hydrogen-bond acceptors (Lipinski definition) is 10. The van der Waals surface area contributed by atoms with Gasteiger partial charge in [0.2, 0.25) is 5.89 Å². The van der Waals surface area contributed by atoms with Crippen LogP contribution in [-0.2, 0) is 20.4 Å². The Morgan fingerprint density at radius 3 is 2.44 bits per heavy atom. The number of benzene rings is 1. The van der Waals surface area contributed by atoms with E-state index in [0.717, 1.165) is 6.07 Å². The van der Waals surface area contributed by atoms with Crippen LogP contribution in [0, 0.1) is 0 Å². The molecule has 0 saturated carbocycles. The van der Waals surface area contributed by atoms with E-state index in [9.17, 15) is 27.6 Å². The van der Waals surface area contributed by atoms with Crippen LogP contribution in [0.1, 0.15) is 55.7 Å². The lowest BCUT2D eigenvalue weighted by atomic mass is 10.1. The van der Waals surface area contributed by atoms with Gasteiger partial charge in [0.1, 0.15) is 17.0 Å². The van der Waals surface area contributed by atoms with E-state index in [-0.39, 0.29) is 65.8 Å². The average molecular weight is 608 g/mol. The van der Waals surface area contributed by atoms with Gasteiger partial charge in [0.15, 0.2) is 17.5 Å². The van der Waals surface area contributed by atoms with Crippen molar-refractivity contribution in [2.45, 2.75) is 52.1 Å². The number of rotatable bonds is 7. The topological polar surface area (TPSA) is 150 Å². The minimum atomic E-state index is -4.68. The zero-order valence-electron chi connectivity index (χ0n) is 24.2. The quantitative estimate of drug-likeness (QED) is 0.388. The third kappa shape index (κ3) is 6.50. The number of carbonyl (C=O) groups is 3. The highest BCUT2D eigenvalue weighted by molar-refractivity contribution is 5.98. The number of oxazole rings is 1. The van der Waals surface area contributed by atoms with Crippen LogP contribution in [0.3, 0.4) is 0 Å². The van der Waals surface area contributed by atoms with Crippen LogP contribution < -0.4 is 10.5 Å². The Balaban J connectivity index is 1.72. The molecular formula is C28H32F3N5O7. The Hall–Kier alpha value is -4.40. The molecule has 43 heavy (non-hydrogen) atoms. The van der Waals surface area contributed by atoms with Gasteiger partial charge in [0.25, 0.3) is 5.91 Å². The predicted molar refractivity (Wildman–Crippen MR) is 146 cm³/mol. The van der Waals surface area contributed by atoms with Gasteiger partial charge in [-0.2, -0.15) is 13.2 Å². The molecule has 1 fully saturated rings. The van der Waals surface area contributed by atoms with E-state index in [2.05, 4.69) is 9.97 Å². The number of halogens is 3. The van der Waals surface area contributed by atoms with Crippen LogP contribution in [0.5, 0.6) is 5.75 Å². The average Bonchev–Trinajstić information content (AvgIpc) is 3.40. The van der Waals surface area contributed by atoms with Crippen molar-refractivity contribution in [1.82, 2.24) is 19.8 Å². The fourth-order valence-corrected chi connectivity index (χ4v) is 4.66. The van der Waals surface area contributed by atoms with Gasteiger partial charge >= 0.3 is 18.2 Å². The number of methoxy groups -OCH3 is 1. The first kappa shape index (κ1) is 31.5. The second kappa shape index (κ2) is 12.5. The standard InChI is InChI=1S/C28H32F3N5O7/c1-6-41-26(38)18-13-35(11-12-36(18)27(39)42-14(2)3)25(37)22-23(15(4)32)43-24(34-22)17-7-9-19(40-5)21-16(17)8-10-20(33-21)28(29,30)31/h7-10,14-15,18H,6,11-13,32H2,1-5H3/t15-,18?/m0/s1. The number of piperazine rings is 1. The third-order valence-corrected chi connectivity index (χ3v) is 6.63. The lowest BCUT2D eigenvalue weighted by Gasteiger charge is -2.39. The van der Waals surface area contributed by atoms with Gasteiger partial charge in [-0.3, -0.25) is 9.69 Å². The second-order valence-electron chi connectivity index (χ2n) is 10.1. The first-order valence-corrected chi connectivity index (χ1v) is 13.5. The van der Waals surface area contributed by atoms with Crippen molar-refractivity contribution in [3.63, 3.8) is 0 Å². The summed E-state index contributed by atoms with van der Waals surface area (Å²) in [6.45, 7) is 6.42. The number of esters is 1. The molecule has 2 atom stereocenters. The van der Waals surface area contributed by atoms with E-state index >= 15 is 0 Å². The summed E-state index contributed by atoms with van der Waals surface area (Å²) in [5.74, 6) is -1.28. The van der Waals surface area contributed by atoms with Gasteiger partial charge in [-0.1, -0.05) is 0 Å². The Morgan fingerprint density at radius 1 is 1.12 bits per heavy atom. The smallest absolute Gasteiger partial charge is 0.433 e. The lowest BCUT2D eigenvalue weighted by molar-refractivity contribution is -0.151. The molecule has 15 heteroatoms. The Kier molecular flexibility index (Phi) is 9.13. The number of nitrogens with two attached hydrogens (primary N) is 1. The zero-order chi connectivity index (χ0) is 31.6. The van der Waals surface area contributed by atoms with E-state index in [1.165, 1.54) is 35.1 Å². The Morgan fingerprint density at radius 2 is 1.84 bits per heavy atom. The number of alkyl halides is 3. The highest BCUT2D eigenvalue weighted by atomic mass is 19.4. The number of amides is 2. The maximum absolute atomic E-state index is 13.8. The number of hydrogen-bond donors (Lipinski definition) is 1. The van der Waals surface area contributed by atoms with E-state index in [0.29, 0.717) is 0 Å². The van der Waals surface area contributed by atoms with E-state index in [1.807, 2.05) is 0 Å². The monoisotopic (exact) mass is 607 g/mol. The van der Waals surface area contributed by atoms with Crippen molar-refractivity contribution in [2.75, 3.05) is 33.4 Å². The molecule has 2 N–H and O–H groups in total. The molecule has 0 radical (unpaired) electrons. The fraction of sp³-hybridized carbons (Fsp3) is 0.464. The molecule has 0 bridgehead atoms. The highest BCUT2D eigenvalue weighted by Gasteiger charge is 2.41. The number of ether oxygens (including phenoxy) is 3. The maximum atomic E-state index is 13.8. The number of carbonyl (C=O) groups excluding carboxylic acids is 3. The first-order chi connectivity index (χ1) is 20.3. The Bertz CT molecular complexity index is 1520. The number of aromatic nitrogens is 2. The van der Waals surface area contributed by atoms with Crippen LogP contribution in [0.15, 0.2) is 28.7 Å². The summed E-state index contributed by atoms with van der Waals surface area (Å²) in [6, 6.07) is 3.06. The van der Waals surface area contributed by atoms with Crippen LogP contribution in [-0.4, -0.2) is 83.2 Å². The number of nitrogens with zero attached hydrogens (tertiary/aromatic N) is 4.